The Labute approximate surface area is 226 Å². The molecule has 3 rings (SSSR count). The van der Waals surface area contributed by atoms with Crippen LogP contribution in [-0.2, 0) is 33.9 Å². The van der Waals surface area contributed by atoms with Crippen LogP contribution in [0.4, 0.5) is 4.79 Å². The molecule has 38 heavy (non-hydrogen) atoms. The van der Waals surface area contributed by atoms with E-state index in [1.54, 1.807) is 0 Å². The summed E-state index contributed by atoms with van der Waals surface area (Å²) >= 11 is 0. The zero-order valence-corrected chi connectivity index (χ0v) is 22.9. The third kappa shape index (κ3) is 9.49. The summed E-state index contributed by atoms with van der Waals surface area (Å²) in [5.74, 6) is -0.431. The van der Waals surface area contributed by atoms with Crippen molar-refractivity contribution in [1.82, 2.24) is 20.9 Å². The molecule has 0 fully saturated rings. The van der Waals surface area contributed by atoms with E-state index in [4.69, 9.17) is 4.74 Å². The summed E-state index contributed by atoms with van der Waals surface area (Å²) in [6.45, 7) is 9.34. The number of carbonyl (C=O) groups excluding carboxylic acids is 3. The summed E-state index contributed by atoms with van der Waals surface area (Å²) in [7, 11) is 0. The fourth-order valence-electron chi connectivity index (χ4n) is 4.62. The number of fused-ring (bicyclic) bond motifs is 1. The zero-order chi connectivity index (χ0) is 27.3. The largest absolute Gasteiger partial charge is 0.445 e. The van der Waals surface area contributed by atoms with Crippen LogP contribution >= 0.6 is 0 Å². The Morgan fingerprint density at radius 3 is 2.34 bits per heavy atom. The van der Waals surface area contributed by atoms with E-state index in [0.29, 0.717) is 19.4 Å². The van der Waals surface area contributed by atoms with Crippen LogP contribution in [0.1, 0.15) is 56.7 Å². The molecule has 0 aromatic heterocycles. The van der Waals surface area contributed by atoms with Gasteiger partial charge in [-0.05, 0) is 48.3 Å². The van der Waals surface area contributed by atoms with E-state index in [-0.39, 0.29) is 24.3 Å². The maximum absolute atomic E-state index is 13.0. The van der Waals surface area contributed by atoms with Gasteiger partial charge in [-0.15, -0.1) is 0 Å². The van der Waals surface area contributed by atoms with E-state index in [9.17, 15) is 14.4 Å². The second-order valence-electron chi connectivity index (χ2n) is 10.3. The fraction of sp³-hybridized carbons (Fsp3) is 0.500. The Kier molecular flexibility index (Phi) is 11.6. The van der Waals surface area contributed by atoms with E-state index in [1.807, 2.05) is 51.1 Å². The number of hydrogen-bond acceptors (Lipinski definition) is 5. The molecule has 0 spiro atoms. The standard InChI is InChI=1S/C30H42N4O4/c1-4-26(28(35)31-16-10-17-34-18-15-24-13-8-9-14-25(24)20-34)32-29(36)27(19-22(2)3)33-30(37)38-21-23-11-6-5-7-12-23/h5-9,11-14,22,26-27H,4,10,15-21H2,1-3H3,(H,31,35)(H,32,36)(H,33,37)/t26-,27-/m0/s1. The van der Waals surface area contributed by atoms with E-state index in [1.165, 1.54) is 11.1 Å². The Morgan fingerprint density at radius 1 is 0.921 bits per heavy atom. The van der Waals surface area contributed by atoms with E-state index in [0.717, 1.165) is 38.0 Å². The third-order valence-electron chi connectivity index (χ3n) is 6.73. The first kappa shape index (κ1) is 29.2. The van der Waals surface area contributed by atoms with Gasteiger partial charge in [0.25, 0.3) is 0 Å². The van der Waals surface area contributed by atoms with Crippen molar-refractivity contribution in [2.24, 2.45) is 5.92 Å². The minimum Gasteiger partial charge on any atom is -0.445 e. The SMILES string of the molecule is CC[C@H](NC(=O)[C@H](CC(C)C)NC(=O)OCc1ccccc1)C(=O)NCCCN1CCc2ccccc2C1. The first-order valence-electron chi connectivity index (χ1n) is 13.7. The molecule has 3 N–H and O–H groups in total. The van der Waals surface area contributed by atoms with E-state index >= 15 is 0 Å². The molecule has 8 heteroatoms. The van der Waals surface area contributed by atoms with Crippen LogP contribution in [0, 0.1) is 5.92 Å². The second kappa shape index (κ2) is 15.1. The molecular weight excluding hydrogens is 480 g/mol. The summed E-state index contributed by atoms with van der Waals surface area (Å²) in [4.78, 5) is 40.6. The molecular formula is C30H42N4O4. The van der Waals surface area contributed by atoms with Crippen molar-refractivity contribution in [3.8, 4) is 0 Å². The molecule has 0 saturated carbocycles. The first-order chi connectivity index (χ1) is 18.4. The number of nitrogens with one attached hydrogen (secondary N) is 3. The second-order valence-corrected chi connectivity index (χ2v) is 10.3. The molecule has 3 amide bonds. The van der Waals surface area contributed by atoms with Crippen molar-refractivity contribution in [1.29, 1.82) is 0 Å². The van der Waals surface area contributed by atoms with E-state index < -0.39 is 18.2 Å². The number of benzene rings is 2. The molecule has 2 aromatic rings. The normalized spacial score (nSPS) is 14.7. The Bertz CT molecular complexity index is 1040. The van der Waals surface area contributed by atoms with Crippen LogP contribution in [0.3, 0.4) is 0 Å². The highest BCUT2D eigenvalue weighted by atomic mass is 16.5. The van der Waals surface area contributed by atoms with Gasteiger partial charge in [-0.3, -0.25) is 14.5 Å². The summed E-state index contributed by atoms with van der Waals surface area (Å²) in [5.41, 5.74) is 3.67. The minimum atomic E-state index is -0.790. The quantitative estimate of drug-likeness (QED) is 0.348. The van der Waals surface area contributed by atoms with Gasteiger partial charge in [0, 0.05) is 26.2 Å². The van der Waals surface area contributed by atoms with E-state index in [2.05, 4.69) is 45.1 Å². The topological polar surface area (TPSA) is 99.8 Å². The van der Waals surface area contributed by atoms with Gasteiger partial charge in [0.05, 0.1) is 0 Å². The molecule has 0 saturated heterocycles. The molecule has 1 heterocycles. The summed E-state index contributed by atoms with van der Waals surface area (Å²) in [6.07, 6.45) is 2.12. The zero-order valence-electron chi connectivity index (χ0n) is 22.9. The van der Waals surface area contributed by atoms with Gasteiger partial charge >= 0.3 is 6.09 Å². The fourth-order valence-corrected chi connectivity index (χ4v) is 4.62. The number of ether oxygens (including phenoxy) is 1. The lowest BCUT2D eigenvalue weighted by Crippen LogP contribution is -2.54. The molecule has 206 valence electrons. The first-order valence-corrected chi connectivity index (χ1v) is 13.7. The van der Waals surface area contributed by atoms with Gasteiger partial charge in [-0.2, -0.15) is 0 Å². The molecule has 1 aliphatic heterocycles. The summed E-state index contributed by atoms with van der Waals surface area (Å²) in [5, 5.41) is 8.46. The van der Waals surface area contributed by atoms with Gasteiger partial charge in [0.2, 0.25) is 11.8 Å². The molecule has 0 unspecified atom stereocenters. The van der Waals surface area contributed by atoms with Crippen LogP contribution in [0.2, 0.25) is 0 Å². The molecule has 2 atom stereocenters. The maximum atomic E-state index is 13.0. The van der Waals surface area contributed by atoms with Crippen molar-refractivity contribution in [2.45, 2.75) is 71.7 Å². The van der Waals surface area contributed by atoms with Gasteiger partial charge < -0.3 is 20.7 Å². The highest BCUT2D eigenvalue weighted by molar-refractivity contribution is 5.91. The molecule has 8 nitrogen and oxygen atoms in total. The molecule has 0 aliphatic carbocycles. The lowest BCUT2D eigenvalue weighted by atomic mass is 10.00. The predicted molar refractivity (Wildman–Crippen MR) is 148 cm³/mol. The van der Waals surface area contributed by atoms with Crippen molar-refractivity contribution in [2.75, 3.05) is 19.6 Å². The maximum Gasteiger partial charge on any atom is 0.408 e. The van der Waals surface area contributed by atoms with Gasteiger partial charge in [0.15, 0.2) is 0 Å². The van der Waals surface area contributed by atoms with Gasteiger partial charge in [-0.1, -0.05) is 75.4 Å². The Balaban J connectivity index is 1.42. The highest BCUT2D eigenvalue weighted by Gasteiger charge is 2.27. The summed E-state index contributed by atoms with van der Waals surface area (Å²) < 4.78 is 5.29. The molecule has 1 aliphatic rings. The smallest absolute Gasteiger partial charge is 0.408 e. The van der Waals surface area contributed by atoms with Crippen molar-refractivity contribution < 1.29 is 19.1 Å². The third-order valence-corrected chi connectivity index (χ3v) is 6.73. The van der Waals surface area contributed by atoms with Crippen LogP contribution in [-0.4, -0.2) is 54.5 Å². The highest BCUT2D eigenvalue weighted by Crippen LogP contribution is 2.18. The van der Waals surface area contributed by atoms with Crippen molar-refractivity contribution in [3.63, 3.8) is 0 Å². The Hall–Kier alpha value is -3.39. The number of carbonyl (C=O) groups is 3. The number of nitrogens with zero attached hydrogens (tertiary/aromatic N) is 1. The molecule has 0 bridgehead atoms. The predicted octanol–water partition coefficient (Wildman–Crippen LogP) is 3.79. The number of amides is 3. The lowest BCUT2D eigenvalue weighted by Gasteiger charge is -2.28. The van der Waals surface area contributed by atoms with Crippen LogP contribution in [0.25, 0.3) is 0 Å². The number of alkyl carbamates (subject to hydrolysis) is 1. The average Bonchev–Trinajstić information content (AvgIpc) is 2.92. The van der Waals surface area contributed by atoms with Crippen LogP contribution in [0.15, 0.2) is 54.6 Å². The van der Waals surface area contributed by atoms with Gasteiger partial charge in [-0.25, -0.2) is 4.79 Å². The number of hydrogen-bond donors (Lipinski definition) is 3. The van der Waals surface area contributed by atoms with Crippen LogP contribution < -0.4 is 16.0 Å². The Morgan fingerprint density at radius 2 is 1.63 bits per heavy atom. The minimum absolute atomic E-state index is 0.118. The number of rotatable bonds is 13. The van der Waals surface area contributed by atoms with Crippen LogP contribution in [0.5, 0.6) is 0 Å². The van der Waals surface area contributed by atoms with Crippen molar-refractivity contribution >= 4 is 17.9 Å². The van der Waals surface area contributed by atoms with Gasteiger partial charge in [0.1, 0.15) is 18.7 Å². The summed E-state index contributed by atoms with van der Waals surface area (Å²) in [6, 6.07) is 16.4. The average molecular weight is 523 g/mol. The van der Waals surface area contributed by atoms with Crippen molar-refractivity contribution in [3.05, 3.63) is 71.3 Å². The molecule has 0 radical (unpaired) electrons. The molecule has 2 aromatic carbocycles. The lowest BCUT2D eigenvalue weighted by molar-refractivity contribution is -0.130. The monoisotopic (exact) mass is 522 g/mol.